The average Bonchev–Trinajstić information content (AvgIpc) is 3.94. The van der Waals surface area contributed by atoms with Crippen LogP contribution in [0.2, 0.25) is 0 Å². The zero-order valence-electron chi connectivity index (χ0n) is 36.7. The fraction of sp³-hybridized carbons (Fsp3) is 0.786. The van der Waals surface area contributed by atoms with Gasteiger partial charge in [0, 0.05) is 50.2 Å². The number of aliphatic hydroxyl groups excluding tert-OH is 1. The van der Waals surface area contributed by atoms with Crippen molar-refractivity contribution in [2.45, 2.75) is 161 Å². The molecule has 13 atom stereocenters. The summed E-state index contributed by atoms with van der Waals surface area (Å²) in [4.78, 5) is 63.7. The molecular formula is C42H66N6O10S. The van der Waals surface area contributed by atoms with E-state index in [-0.39, 0.29) is 36.7 Å². The SMILES string of the molecule is CC[C@H]1OC(=O)[C@H](C)C(=O)C[C@@H](O[C@@H]2OC(C)CC(N(C)C)C2O)[C@](C)(OC)C[C@@H](C)CC(C(C)=O)[C@H](C)[C@H]2N(CCCCn3cc(-c4nccs4)nn3)C(=O)O[C@]12C. The lowest BCUT2D eigenvalue weighted by Crippen LogP contribution is -2.57. The molecule has 59 heavy (non-hydrogen) atoms. The third-order valence-electron chi connectivity index (χ3n) is 13.0. The van der Waals surface area contributed by atoms with Gasteiger partial charge in [-0.2, -0.15) is 0 Å². The fourth-order valence-electron chi connectivity index (χ4n) is 9.52. The number of aromatic nitrogens is 4. The van der Waals surface area contributed by atoms with E-state index in [4.69, 9.17) is 23.7 Å². The number of fused-ring (bicyclic) bond motifs is 1. The Kier molecular flexibility index (Phi) is 15.5. The van der Waals surface area contributed by atoms with Gasteiger partial charge in [-0.1, -0.05) is 26.0 Å². The zero-order chi connectivity index (χ0) is 43.4. The van der Waals surface area contributed by atoms with Crippen molar-refractivity contribution in [3.05, 3.63) is 17.8 Å². The van der Waals surface area contributed by atoms with Gasteiger partial charge in [0.15, 0.2) is 11.9 Å². The number of cyclic esters (lactones) is 1. The van der Waals surface area contributed by atoms with Gasteiger partial charge < -0.3 is 38.6 Å². The number of ether oxygens (including phenoxy) is 5. The molecule has 16 nitrogen and oxygen atoms in total. The number of aryl methyl sites for hydroxylation is 1. The largest absolute Gasteiger partial charge is 0.458 e. The summed E-state index contributed by atoms with van der Waals surface area (Å²) in [5, 5.41) is 22.6. The Balaban J connectivity index is 1.44. The van der Waals surface area contributed by atoms with E-state index >= 15 is 0 Å². The molecule has 1 N–H and O–H groups in total. The number of carbonyl (C=O) groups is 4. The fourth-order valence-corrected chi connectivity index (χ4v) is 10.1. The van der Waals surface area contributed by atoms with Crippen LogP contribution in [0.4, 0.5) is 4.79 Å². The summed E-state index contributed by atoms with van der Waals surface area (Å²) in [7, 11) is 5.32. The molecule has 0 spiro atoms. The molecule has 0 aromatic carbocycles. The predicted octanol–water partition coefficient (Wildman–Crippen LogP) is 5.17. The van der Waals surface area contributed by atoms with E-state index in [0.29, 0.717) is 50.9 Å². The number of rotatable bonds is 12. The molecule has 0 radical (unpaired) electrons. The minimum Gasteiger partial charge on any atom is -0.458 e. The number of esters is 1. The van der Waals surface area contributed by atoms with Gasteiger partial charge >= 0.3 is 12.1 Å². The lowest BCUT2D eigenvalue weighted by Gasteiger charge is -2.45. The second kappa shape index (κ2) is 19.6. The number of carbonyl (C=O) groups excluding carboxylic acids is 4. The van der Waals surface area contributed by atoms with E-state index in [9.17, 15) is 24.3 Å². The maximum atomic E-state index is 14.1. The van der Waals surface area contributed by atoms with Crippen LogP contribution in [-0.4, -0.2) is 140 Å². The second-order valence-electron chi connectivity index (χ2n) is 17.7. The van der Waals surface area contributed by atoms with Gasteiger partial charge in [-0.05, 0) is 99.1 Å². The topological polar surface area (TPSA) is 185 Å². The average molecular weight is 847 g/mol. The van der Waals surface area contributed by atoms with E-state index in [2.05, 4.69) is 15.3 Å². The van der Waals surface area contributed by atoms with E-state index in [1.807, 2.05) is 65.2 Å². The van der Waals surface area contributed by atoms with Gasteiger partial charge in [-0.15, -0.1) is 16.4 Å². The van der Waals surface area contributed by atoms with Crippen LogP contribution in [0.25, 0.3) is 10.7 Å². The molecule has 1 amide bonds. The first-order chi connectivity index (χ1) is 27.8. The smallest absolute Gasteiger partial charge is 0.410 e. The maximum Gasteiger partial charge on any atom is 0.410 e. The van der Waals surface area contributed by atoms with Crippen molar-refractivity contribution in [1.82, 2.24) is 29.8 Å². The molecule has 3 aliphatic heterocycles. The third kappa shape index (κ3) is 10.4. The number of methoxy groups -OCH3 is 1. The Morgan fingerprint density at radius 3 is 2.44 bits per heavy atom. The lowest BCUT2D eigenvalue weighted by molar-refractivity contribution is -0.289. The Hall–Kier alpha value is -3.35. The molecule has 4 unspecified atom stereocenters. The predicted molar refractivity (Wildman–Crippen MR) is 219 cm³/mol. The number of unbranched alkanes of at least 4 members (excludes halogenated alkanes) is 1. The first kappa shape index (κ1) is 46.7. The van der Waals surface area contributed by atoms with Crippen LogP contribution in [0.5, 0.6) is 0 Å². The standard InChI is InChI=1S/C42H66N6O10S/c1-12-33-42(8)36(48(40(53)58-42)17-14-13-16-47-23-30(44-45-47)37-43-15-18-59-37)26(4)29(28(6)49)19-24(2)22-41(7,54-11)34(21-32(50)27(5)38(52)56-33)57-39-35(51)31(46(9)10)20-25(3)55-39/h15,18,23-27,29,31,33-36,39,51H,12-14,16-17,19-22H2,1-11H3/t24-,25?,26-,27+,29?,31?,33+,34+,35?,36+,39-,41+,42+/m0/s1. The molecule has 0 bridgehead atoms. The minimum absolute atomic E-state index is 0.0410. The summed E-state index contributed by atoms with van der Waals surface area (Å²) in [6.45, 7) is 15.4. The van der Waals surface area contributed by atoms with Crippen LogP contribution in [-0.2, 0) is 44.6 Å². The van der Waals surface area contributed by atoms with E-state index in [0.717, 1.165) is 5.01 Å². The monoisotopic (exact) mass is 846 g/mol. The Morgan fingerprint density at radius 1 is 1.10 bits per heavy atom. The molecule has 0 aliphatic carbocycles. The number of likely N-dealkylation sites (N-methyl/N-ethyl adjacent to an activating group) is 1. The van der Waals surface area contributed by atoms with Crippen LogP contribution < -0.4 is 0 Å². The highest BCUT2D eigenvalue weighted by atomic mass is 32.1. The molecule has 3 saturated heterocycles. The van der Waals surface area contributed by atoms with Crippen LogP contribution in [0.1, 0.15) is 100 Å². The zero-order valence-corrected chi connectivity index (χ0v) is 37.5. The molecule has 3 fully saturated rings. The number of Topliss-reactive ketones (excluding diaryl/α,β-unsaturated/α-hetero) is 2. The summed E-state index contributed by atoms with van der Waals surface area (Å²) >= 11 is 1.49. The number of hydrogen-bond acceptors (Lipinski definition) is 15. The van der Waals surface area contributed by atoms with Gasteiger partial charge in [0.25, 0.3) is 0 Å². The summed E-state index contributed by atoms with van der Waals surface area (Å²) in [6.07, 6.45) is 1.60. The van der Waals surface area contributed by atoms with Gasteiger partial charge in [0.2, 0.25) is 0 Å². The normalized spacial score (nSPS) is 36.5. The molecule has 0 saturated carbocycles. The van der Waals surface area contributed by atoms with Crippen molar-refractivity contribution in [1.29, 1.82) is 0 Å². The van der Waals surface area contributed by atoms with E-state index in [1.54, 1.807) is 36.7 Å². The summed E-state index contributed by atoms with van der Waals surface area (Å²) in [5.74, 6) is -3.51. The Labute approximate surface area is 352 Å². The molecule has 330 valence electrons. The second-order valence-corrected chi connectivity index (χ2v) is 18.6. The molecule has 2 aromatic rings. The van der Waals surface area contributed by atoms with Crippen LogP contribution in [0.15, 0.2) is 17.8 Å². The highest BCUT2D eigenvalue weighted by molar-refractivity contribution is 7.13. The van der Waals surface area contributed by atoms with Crippen molar-refractivity contribution in [3.8, 4) is 10.7 Å². The number of thiazole rings is 1. The number of amides is 1. The molecule has 5 rings (SSSR count). The minimum atomic E-state index is -1.34. The van der Waals surface area contributed by atoms with Gasteiger partial charge in [-0.25, -0.2) is 9.78 Å². The van der Waals surface area contributed by atoms with Crippen molar-refractivity contribution in [3.63, 3.8) is 0 Å². The van der Waals surface area contributed by atoms with Crippen molar-refractivity contribution in [2.75, 3.05) is 27.7 Å². The number of nitrogens with zero attached hydrogens (tertiary/aromatic N) is 6. The molecular weight excluding hydrogens is 781 g/mol. The molecule has 2 aromatic heterocycles. The first-order valence-electron chi connectivity index (χ1n) is 21.1. The lowest BCUT2D eigenvalue weighted by atomic mass is 9.71. The highest BCUT2D eigenvalue weighted by Crippen LogP contribution is 2.44. The summed E-state index contributed by atoms with van der Waals surface area (Å²) < 4.78 is 33.1. The summed E-state index contributed by atoms with van der Waals surface area (Å²) in [6, 6.07) is -0.896. The molecule has 5 heterocycles. The third-order valence-corrected chi connectivity index (χ3v) is 13.8. The summed E-state index contributed by atoms with van der Waals surface area (Å²) in [5.41, 5.74) is -1.75. The van der Waals surface area contributed by atoms with Gasteiger partial charge in [-0.3, -0.25) is 19.1 Å². The van der Waals surface area contributed by atoms with Crippen LogP contribution in [0.3, 0.4) is 0 Å². The number of aliphatic hydroxyl groups is 1. The molecule has 3 aliphatic rings. The maximum absolute atomic E-state index is 14.1. The van der Waals surface area contributed by atoms with Gasteiger partial charge in [0.05, 0.1) is 30.0 Å². The quantitative estimate of drug-likeness (QED) is 0.168. The van der Waals surface area contributed by atoms with Crippen LogP contribution >= 0.6 is 11.3 Å². The van der Waals surface area contributed by atoms with E-state index < -0.39 is 77.4 Å². The highest BCUT2D eigenvalue weighted by Gasteiger charge is 2.59. The molecule has 17 heteroatoms. The Bertz CT molecular complexity index is 1740. The van der Waals surface area contributed by atoms with Crippen molar-refractivity contribution >= 4 is 35.0 Å². The first-order valence-corrected chi connectivity index (χ1v) is 21.9. The van der Waals surface area contributed by atoms with Crippen LogP contribution in [0, 0.1) is 23.7 Å². The number of hydrogen-bond donors (Lipinski definition) is 1. The Morgan fingerprint density at radius 2 is 1.81 bits per heavy atom. The van der Waals surface area contributed by atoms with E-state index in [1.165, 1.54) is 18.3 Å². The number of ketones is 2. The van der Waals surface area contributed by atoms with Gasteiger partial charge in [0.1, 0.15) is 40.4 Å². The van der Waals surface area contributed by atoms with Crippen molar-refractivity contribution < 1.29 is 48.0 Å². The van der Waals surface area contributed by atoms with Crippen molar-refractivity contribution in [2.24, 2.45) is 23.7 Å².